The molecule has 1 aromatic rings. The van der Waals surface area contributed by atoms with Crippen molar-refractivity contribution in [2.45, 2.75) is 34.1 Å². The van der Waals surface area contributed by atoms with Crippen molar-refractivity contribution in [1.29, 1.82) is 0 Å². The molecule has 21 heavy (non-hydrogen) atoms. The highest BCUT2D eigenvalue weighted by atomic mass is 16.3. The van der Waals surface area contributed by atoms with Gasteiger partial charge in [-0.25, -0.2) is 4.79 Å². The summed E-state index contributed by atoms with van der Waals surface area (Å²) in [6.45, 7) is 7.89. The van der Waals surface area contributed by atoms with Crippen LogP contribution >= 0.6 is 0 Å². The van der Waals surface area contributed by atoms with Gasteiger partial charge in [0.1, 0.15) is 0 Å². The molecular formula is C16H24N2O3. The fraction of sp³-hybridized carbons (Fsp3) is 0.500. The number of carbonyl (C=O) groups excluding carboxylic acids is 2. The van der Waals surface area contributed by atoms with Crippen LogP contribution in [-0.4, -0.2) is 30.1 Å². The molecule has 1 aromatic carbocycles. The van der Waals surface area contributed by atoms with Crippen LogP contribution in [0.1, 0.15) is 43.1 Å². The maximum absolute atomic E-state index is 11.8. The predicted molar refractivity (Wildman–Crippen MR) is 83.7 cm³/mol. The molecule has 0 aliphatic heterocycles. The fourth-order valence-corrected chi connectivity index (χ4v) is 2.02. The van der Waals surface area contributed by atoms with Gasteiger partial charge >= 0.3 is 6.03 Å². The van der Waals surface area contributed by atoms with E-state index in [9.17, 15) is 9.59 Å². The van der Waals surface area contributed by atoms with Gasteiger partial charge in [-0.1, -0.05) is 13.8 Å². The van der Waals surface area contributed by atoms with Crippen LogP contribution in [0.3, 0.4) is 0 Å². The van der Waals surface area contributed by atoms with E-state index in [0.717, 1.165) is 5.56 Å². The van der Waals surface area contributed by atoms with E-state index in [4.69, 9.17) is 5.11 Å². The van der Waals surface area contributed by atoms with E-state index in [1.54, 1.807) is 18.2 Å². The van der Waals surface area contributed by atoms with Crippen molar-refractivity contribution >= 4 is 17.5 Å². The molecule has 0 spiro atoms. The van der Waals surface area contributed by atoms with Crippen molar-refractivity contribution in [2.24, 2.45) is 5.41 Å². The number of aliphatic hydroxyl groups excluding tert-OH is 1. The number of hydrogen-bond acceptors (Lipinski definition) is 3. The first-order chi connectivity index (χ1) is 9.75. The van der Waals surface area contributed by atoms with Crippen LogP contribution < -0.4 is 10.6 Å². The van der Waals surface area contributed by atoms with Crippen molar-refractivity contribution in [3.63, 3.8) is 0 Å². The number of benzene rings is 1. The van der Waals surface area contributed by atoms with Gasteiger partial charge < -0.3 is 15.7 Å². The number of hydrogen-bond donors (Lipinski definition) is 3. The molecule has 0 saturated carbocycles. The minimum Gasteiger partial charge on any atom is -0.396 e. The Morgan fingerprint density at radius 2 is 1.95 bits per heavy atom. The van der Waals surface area contributed by atoms with E-state index in [-0.39, 0.29) is 23.8 Å². The van der Waals surface area contributed by atoms with Crippen molar-refractivity contribution in [1.82, 2.24) is 5.32 Å². The van der Waals surface area contributed by atoms with Crippen LogP contribution in [0.2, 0.25) is 0 Å². The number of aryl methyl sites for hydroxylation is 1. The van der Waals surface area contributed by atoms with Crippen molar-refractivity contribution in [2.75, 3.05) is 18.5 Å². The number of rotatable bonds is 6. The maximum atomic E-state index is 11.8. The van der Waals surface area contributed by atoms with Crippen LogP contribution in [0.15, 0.2) is 18.2 Å². The molecule has 0 bridgehead atoms. The topological polar surface area (TPSA) is 78.4 Å². The molecule has 0 aliphatic carbocycles. The molecule has 1 rings (SSSR count). The Hall–Kier alpha value is -1.88. The van der Waals surface area contributed by atoms with E-state index in [2.05, 4.69) is 10.6 Å². The number of nitrogens with one attached hydrogen (secondary N) is 2. The summed E-state index contributed by atoms with van der Waals surface area (Å²) >= 11 is 0. The van der Waals surface area contributed by atoms with E-state index in [1.807, 2.05) is 20.8 Å². The molecule has 0 heterocycles. The number of carbonyl (C=O) groups is 2. The summed E-state index contributed by atoms with van der Waals surface area (Å²) in [5.41, 5.74) is 1.99. The second kappa shape index (κ2) is 7.22. The number of amides is 2. The lowest BCUT2D eigenvalue weighted by atomic mass is 9.90. The monoisotopic (exact) mass is 292 g/mol. The number of Topliss-reactive ketones (excluding diaryl/α,β-unsaturated/α-hetero) is 1. The van der Waals surface area contributed by atoms with Crippen LogP contribution in [0.25, 0.3) is 0 Å². The zero-order valence-electron chi connectivity index (χ0n) is 13.1. The minimum absolute atomic E-state index is 0.00857. The van der Waals surface area contributed by atoms with Gasteiger partial charge in [0.2, 0.25) is 0 Å². The average Bonchev–Trinajstić information content (AvgIpc) is 2.36. The summed E-state index contributed by atoms with van der Waals surface area (Å²) in [6.07, 6.45) is 0.625. The minimum atomic E-state index is -0.295. The Bertz CT molecular complexity index is 524. The van der Waals surface area contributed by atoms with Gasteiger partial charge in [0.15, 0.2) is 5.78 Å². The third kappa shape index (κ3) is 5.55. The number of aliphatic hydroxyl groups is 1. The second-order valence-electron chi connectivity index (χ2n) is 6.03. The third-order valence-corrected chi connectivity index (χ3v) is 3.38. The first-order valence-electron chi connectivity index (χ1n) is 7.02. The lowest BCUT2D eigenvalue weighted by molar-refractivity contribution is 0.101. The Morgan fingerprint density at radius 1 is 1.29 bits per heavy atom. The van der Waals surface area contributed by atoms with Crippen molar-refractivity contribution < 1.29 is 14.7 Å². The average molecular weight is 292 g/mol. The summed E-state index contributed by atoms with van der Waals surface area (Å²) in [6, 6.07) is 4.90. The molecule has 2 amide bonds. The summed E-state index contributed by atoms with van der Waals surface area (Å²) in [5.74, 6) is 0.00857. The zero-order chi connectivity index (χ0) is 16.0. The van der Waals surface area contributed by atoms with Crippen LogP contribution in [-0.2, 0) is 0 Å². The van der Waals surface area contributed by atoms with Gasteiger partial charge in [0.25, 0.3) is 0 Å². The molecular weight excluding hydrogens is 268 g/mol. The van der Waals surface area contributed by atoms with Gasteiger partial charge in [0, 0.05) is 24.4 Å². The quantitative estimate of drug-likeness (QED) is 0.705. The molecule has 0 aliphatic rings. The third-order valence-electron chi connectivity index (χ3n) is 3.38. The highest BCUT2D eigenvalue weighted by Gasteiger charge is 2.18. The smallest absolute Gasteiger partial charge is 0.319 e. The predicted octanol–water partition coefficient (Wildman–Crippen LogP) is 2.73. The molecule has 0 radical (unpaired) electrons. The highest BCUT2D eigenvalue weighted by Crippen LogP contribution is 2.18. The normalized spacial score (nSPS) is 11.1. The second-order valence-corrected chi connectivity index (χ2v) is 6.03. The first kappa shape index (κ1) is 17.2. The summed E-state index contributed by atoms with van der Waals surface area (Å²) in [4.78, 5) is 23.2. The Morgan fingerprint density at radius 3 is 2.48 bits per heavy atom. The van der Waals surface area contributed by atoms with E-state index >= 15 is 0 Å². The highest BCUT2D eigenvalue weighted by molar-refractivity contribution is 5.96. The van der Waals surface area contributed by atoms with Crippen LogP contribution in [0.5, 0.6) is 0 Å². The Kier molecular flexibility index (Phi) is 5.90. The molecule has 0 aromatic heterocycles. The SMILES string of the molecule is CC(=O)c1ccc(NC(=O)NCC(C)(C)CCO)cc1C. The molecule has 0 saturated heterocycles. The number of anilines is 1. The van der Waals surface area contributed by atoms with Gasteiger partial charge in [-0.15, -0.1) is 0 Å². The lowest BCUT2D eigenvalue weighted by Crippen LogP contribution is -2.37. The molecule has 0 atom stereocenters. The number of ketones is 1. The zero-order valence-corrected chi connectivity index (χ0v) is 13.1. The molecule has 0 fully saturated rings. The molecule has 5 heteroatoms. The Balaban J connectivity index is 2.59. The van der Waals surface area contributed by atoms with E-state index in [0.29, 0.717) is 24.2 Å². The van der Waals surface area contributed by atoms with Gasteiger partial charge in [-0.3, -0.25) is 4.79 Å². The molecule has 0 unspecified atom stereocenters. The maximum Gasteiger partial charge on any atom is 0.319 e. The summed E-state index contributed by atoms with van der Waals surface area (Å²) < 4.78 is 0. The van der Waals surface area contributed by atoms with E-state index in [1.165, 1.54) is 6.92 Å². The molecule has 116 valence electrons. The Labute approximate surface area is 125 Å². The van der Waals surface area contributed by atoms with Crippen LogP contribution in [0, 0.1) is 12.3 Å². The molecule has 5 nitrogen and oxygen atoms in total. The summed E-state index contributed by atoms with van der Waals surface area (Å²) in [7, 11) is 0. The summed E-state index contributed by atoms with van der Waals surface area (Å²) in [5, 5.41) is 14.5. The van der Waals surface area contributed by atoms with Crippen molar-refractivity contribution in [3.8, 4) is 0 Å². The molecule has 3 N–H and O–H groups in total. The van der Waals surface area contributed by atoms with Crippen molar-refractivity contribution in [3.05, 3.63) is 29.3 Å². The van der Waals surface area contributed by atoms with Gasteiger partial charge in [-0.05, 0) is 49.4 Å². The number of urea groups is 1. The van der Waals surface area contributed by atoms with E-state index < -0.39 is 0 Å². The van der Waals surface area contributed by atoms with Gasteiger partial charge in [-0.2, -0.15) is 0 Å². The lowest BCUT2D eigenvalue weighted by Gasteiger charge is -2.23. The first-order valence-corrected chi connectivity index (χ1v) is 7.02. The fourth-order valence-electron chi connectivity index (χ4n) is 2.02. The van der Waals surface area contributed by atoms with Gasteiger partial charge in [0.05, 0.1) is 0 Å². The largest absolute Gasteiger partial charge is 0.396 e. The van der Waals surface area contributed by atoms with Crippen LogP contribution in [0.4, 0.5) is 10.5 Å². The standard InChI is InChI=1S/C16H24N2O3/c1-11-9-13(5-6-14(11)12(2)20)18-15(21)17-10-16(3,4)7-8-19/h5-6,9,19H,7-8,10H2,1-4H3,(H2,17,18,21).